The van der Waals surface area contributed by atoms with Crippen molar-refractivity contribution in [1.82, 2.24) is 4.98 Å². The Hall–Kier alpha value is -1.79. The van der Waals surface area contributed by atoms with Crippen LogP contribution in [0.5, 0.6) is 5.88 Å². The van der Waals surface area contributed by atoms with Gasteiger partial charge in [-0.1, -0.05) is 0 Å². The van der Waals surface area contributed by atoms with Crippen molar-refractivity contribution in [3.8, 4) is 5.88 Å². The summed E-state index contributed by atoms with van der Waals surface area (Å²) in [6.45, 7) is 1.28. The van der Waals surface area contributed by atoms with E-state index >= 15 is 0 Å². The fourth-order valence-electron chi connectivity index (χ4n) is 1.21. The highest BCUT2D eigenvalue weighted by Crippen LogP contribution is 2.36. The Morgan fingerprint density at radius 1 is 1.53 bits per heavy atom. The van der Waals surface area contributed by atoms with Crippen LogP contribution in [0.1, 0.15) is 24.0 Å². The molecule has 1 unspecified atom stereocenters. The third-order valence-electron chi connectivity index (χ3n) is 2.24. The fourth-order valence-corrected chi connectivity index (χ4v) is 1.21. The van der Waals surface area contributed by atoms with Crippen molar-refractivity contribution in [2.24, 2.45) is 0 Å². The first-order valence-corrected chi connectivity index (χ1v) is 4.61. The van der Waals surface area contributed by atoms with Gasteiger partial charge in [-0.05, 0) is 18.6 Å². The summed E-state index contributed by atoms with van der Waals surface area (Å²) in [5.41, 5.74) is -1.10. The highest BCUT2D eigenvalue weighted by atomic mass is 19.4. The molecule has 0 aliphatic rings. The topological polar surface area (TPSA) is 59.4 Å². The lowest BCUT2D eigenvalue weighted by Crippen LogP contribution is -2.13. The number of halogens is 3. The van der Waals surface area contributed by atoms with E-state index in [-0.39, 0.29) is 5.56 Å². The number of carboxylic acids is 1. The number of carboxylic acid groups (broad SMARTS) is 1. The SMILES string of the molecule is COc1ncc(C(C)C(=O)O)cc1C(F)(F)F. The number of nitrogens with zero attached hydrogens (tertiary/aromatic N) is 1. The van der Waals surface area contributed by atoms with Gasteiger partial charge in [-0.3, -0.25) is 4.79 Å². The summed E-state index contributed by atoms with van der Waals surface area (Å²) in [6.07, 6.45) is -3.57. The number of carbonyl (C=O) groups is 1. The number of pyridine rings is 1. The van der Waals surface area contributed by atoms with E-state index in [4.69, 9.17) is 5.11 Å². The Kier molecular flexibility index (Phi) is 3.59. The van der Waals surface area contributed by atoms with Gasteiger partial charge in [-0.2, -0.15) is 13.2 Å². The molecule has 0 aliphatic heterocycles. The Bertz CT molecular complexity index is 431. The van der Waals surface area contributed by atoms with Crippen LogP contribution in [0.3, 0.4) is 0 Å². The average Bonchev–Trinajstić information content (AvgIpc) is 2.25. The summed E-state index contributed by atoms with van der Waals surface area (Å²) in [5, 5.41) is 8.72. The molecule has 7 heteroatoms. The van der Waals surface area contributed by atoms with E-state index in [2.05, 4.69) is 9.72 Å². The fraction of sp³-hybridized carbons (Fsp3) is 0.400. The monoisotopic (exact) mass is 249 g/mol. The Morgan fingerprint density at radius 2 is 2.12 bits per heavy atom. The second kappa shape index (κ2) is 4.60. The van der Waals surface area contributed by atoms with Gasteiger partial charge in [0.1, 0.15) is 5.56 Å². The molecule has 0 radical (unpaired) electrons. The third kappa shape index (κ3) is 2.86. The molecule has 0 amide bonds. The van der Waals surface area contributed by atoms with Crippen molar-refractivity contribution < 1.29 is 27.8 Å². The first-order chi connectivity index (χ1) is 7.77. The quantitative estimate of drug-likeness (QED) is 0.892. The number of aromatic nitrogens is 1. The van der Waals surface area contributed by atoms with Crippen LogP contribution in [-0.4, -0.2) is 23.2 Å². The highest BCUT2D eigenvalue weighted by molar-refractivity contribution is 5.75. The van der Waals surface area contributed by atoms with Crippen LogP contribution in [0, 0.1) is 0 Å². The second-order valence-corrected chi connectivity index (χ2v) is 3.38. The second-order valence-electron chi connectivity index (χ2n) is 3.38. The van der Waals surface area contributed by atoms with Crippen molar-refractivity contribution in [3.05, 3.63) is 23.4 Å². The van der Waals surface area contributed by atoms with E-state index in [0.29, 0.717) is 0 Å². The maximum Gasteiger partial charge on any atom is 0.421 e. The number of hydrogen-bond acceptors (Lipinski definition) is 3. The van der Waals surface area contributed by atoms with Gasteiger partial charge in [0.2, 0.25) is 5.88 Å². The molecule has 1 aromatic rings. The first kappa shape index (κ1) is 13.3. The highest BCUT2D eigenvalue weighted by Gasteiger charge is 2.36. The lowest BCUT2D eigenvalue weighted by molar-refractivity contribution is -0.140. The van der Waals surface area contributed by atoms with Crippen LogP contribution in [-0.2, 0) is 11.0 Å². The van der Waals surface area contributed by atoms with E-state index in [9.17, 15) is 18.0 Å². The molecule has 0 fully saturated rings. The first-order valence-electron chi connectivity index (χ1n) is 4.61. The Balaban J connectivity index is 3.27. The lowest BCUT2D eigenvalue weighted by Gasteiger charge is -2.13. The number of aliphatic carboxylic acids is 1. The predicted molar refractivity (Wildman–Crippen MR) is 51.8 cm³/mol. The molecular formula is C10H10F3NO3. The van der Waals surface area contributed by atoms with Gasteiger partial charge in [0.05, 0.1) is 13.0 Å². The van der Waals surface area contributed by atoms with Crippen LogP contribution >= 0.6 is 0 Å². The minimum Gasteiger partial charge on any atom is -0.481 e. The van der Waals surface area contributed by atoms with E-state index in [1.165, 1.54) is 6.92 Å². The number of alkyl halides is 3. The predicted octanol–water partition coefficient (Wildman–Crippen LogP) is 2.30. The maximum absolute atomic E-state index is 12.6. The van der Waals surface area contributed by atoms with Crippen molar-refractivity contribution >= 4 is 5.97 Å². The van der Waals surface area contributed by atoms with E-state index in [1.807, 2.05) is 0 Å². The van der Waals surface area contributed by atoms with Crippen molar-refractivity contribution in [2.75, 3.05) is 7.11 Å². The molecule has 0 bridgehead atoms. The minimum atomic E-state index is -4.63. The Labute approximate surface area is 95.0 Å². The summed E-state index contributed by atoms with van der Waals surface area (Å²) in [6, 6.07) is 0.741. The van der Waals surface area contributed by atoms with Crippen molar-refractivity contribution in [1.29, 1.82) is 0 Å². The van der Waals surface area contributed by atoms with Crippen LogP contribution in [0.4, 0.5) is 13.2 Å². The van der Waals surface area contributed by atoms with Crippen LogP contribution in [0.15, 0.2) is 12.3 Å². The molecule has 4 nitrogen and oxygen atoms in total. The number of ether oxygens (including phenoxy) is 1. The maximum atomic E-state index is 12.6. The van der Waals surface area contributed by atoms with Crippen LogP contribution in [0.2, 0.25) is 0 Å². The molecule has 1 heterocycles. The standard InChI is InChI=1S/C10H10F3NO3/c1-5(9(15)16)6-3-7(10(11,12)13)8(17-2)14-4-6/h3-5H,1-2H3,(H,15,16). The third-order valence-corrected chi connectivity index (χ3v) is 2.24. The van der Waals surface area contributed by atoms with E-state index in [1.54, 1.807) is 0 Å². The van der Waals surface area contributed by atoms with Gasteiger partial charge in [-0.15, -0.1) is 0 Å². The summed E-state index contributed by atoms with van der Waals surface area (Å²) in [7, 11) is 1.07. The van der Waals surface area contributed by atoms with Crippen molar-refractivity contribution in [2.45, 2.75) is 19.0 Å². The van der Waals surface area contributed by atoms with Gasteiger partial charge in [0.25, 0.3) is 0 Å². The van der Waals surface area contributed by atoms with Gasteiger partial charge in [-0.25, -0.2) is 4.98 Å². The number of methoxy groups -OCH3 is 1. The van der Waals surface area contributed by atoms with Crippen molar-refractivity contribution in [3.63, 3.8) is 0 Å². The zero-order chi connectivity index (χ0) is 13.2. The summed E-state index contributed by atoms with van der Waals surface area (Å²) < 4.78 is 42.3. The zero-order valence-corrected chi connectivity index (χ0v) is 9.08. The molecule has 0 aromatic carbocycles. The molecular weight excluding hydrogens is 239 g/mol. The molecule has 0 spiro atoms. The normalized spacial score (nSPS) is 13.2. The van der Waals surface area contributed by atoms with Gasteiger partial charge >= 0.3 is 12.1 Å². The smallest absolute Gasteiger partial charge is 0.421 e. The number of hydrogen-bond donors (Lipinski definition) is 1. The average molecular weight is 249 g/mol. The van der Waals surface area contributed by atoms with E-state index in [0.717, 1.165) is 19.4 Å². The van der Waals surface area contributed by atoms with Gasteiger partial charge < -0.3 is 9.84 Å². The molecule has 0 aliphatic carbocycles. The minimum absolute atomic E-state index is 0.0226. The molecule has 1 aromatic heterocycles. The van der Waals surface area contributed by atoms with Crippen LogP contribution < -0.4 is 4.74 Å². The van der Waals surface area contributed by atoms with Gasteiger partial charge in [0, 0.05) is 6.20 Å². The molecule has 1 rings (SSSR count). The van der Waals surface area contributed by atoms with Gasteiger partial charge in [0.15, 0.2) is 0 Å². The lowest BCUT2D eigenvalue weighted by atomic mass is 10.0. The summed E-state index contributed by atoms with van der Waals surface area (Å²) in [4.78, 5) is 14.1. The molecule has 0 saturated heterocycles. The molecule has 1 N–H and O–H groups in total. The Morgan fingerprint density at radius 3 is 2.53 bits per heavy atom. The summed E-state index contributed by atoms with van der Waals surface area (Å²) >= 11 is 0. The molecule has 1 atom stereocenters. The molecule has 17 heavy (non-hydrogen) atoms. The number of rotatable bonds is 3. The molecule has 0 saturated carbocycles. The van der Waals surface area contributed by atoms with E-state index < -0.39 is 29.5 Å². The molecule has 94 valence electrons. The summed E-state index contributed by atoms with van der Waals surface area (Å²) in [5.74, 6) is -2.85. The largest absolute Gasteiger partial charge is 0.481 e. The van der Waals surface area contributed by atoms with Crippen LogP contribution in [0.25, 0.3) is 0 Å². The zero-order valence-electron chi connectivity index (χ0n) is 9.08.